The number of nitrogens with zero attached hydrogens (tertiary/aromatic N) is 1. The van der Waals surface area contributed by atoms with E-state index >= 15 is 0 Å². The molecular formula is C18H22N2O. The van der Waals surface area contributed by atoms with Gasteiger partial charge in [0, 0.05) is 31.7 Å². The number of nitrogens with one attached hydrogen (secondary N) is 1. The molecule has 0 radical (unpaired) electrons. The van der Waals surface area contributed by atoms with E-state index in [9.17, 15) is 4.79 Å². The Kier molecular flexibility index (Phi) is 4.04. The SMILES string of the molecule is Cc1ccc2ccccc2c1C(=O)C(C)N1CCNCC1. The van der Waals surface area contributed by atoms with Crippen molar-refractivity contribution in [3.63, 3.8) is 0 Å². The van der Waals surface area contributed by atoms with Crippen LogP contribution in [-0.2, 0) is 0 Å². The molecule has 3 rings (SSSR count). The molecule has 1 atom stereocenters. The first-order valence-electron chi connectivity index (χ1n) is 7.66. The van der Waals surface area contributed by atoms with Gasteiger partial charge in [0.1, 0.15) is 0 Å². The highest BCUT2D eigenvalue weighted by Crippen LogP contribution is 2.24. The van der Waals surface area contributed by atoms with Gasteiger partial charge in [-0.2, -0.15) is 0 Å². The van der Waals surface area contributed by atoms with Crippen LogP contribution < -0.4 is 5.32 Å². The summed E-state index contributed by atoms with van der Waals surface area (Å²) in [5.74, 6) is 0.242. The topological polar surface area (TPSA) is 32.3 Å². The molecule has 0 bridgehead atoms. The fourth-order valence-corrected chi connectivity index (χ4v) is 3.15. The number of hydrogen-bond acceptors (Lipinski definition) is 3. The maximum atomic E-state index is 13.0. The molecule has 0 amide bonds. The van der Waals surface area contributed by atoms with Crippen molar-refractivity contribution >= 4 is 16.6 Å². The molecule has 1 heterocycles. The van der Waals surface area contributed by atoms with E-state index in [1.54, 1.807) is 0 Å². The lowest BCUT2D eigenvalue weighted by Crippen LogP contribution is -2.50. The van der Waals surface area contributed by atoms with Crippen molar-refractivity contribution in [1.29, 1.82) is 0 Å². The minimum atomic E-state index is -0.0587. The molecule has 1 saturated heterocycles. The summed E-state index contributed by atoms with van der Waals surface area (Å²) in [7, 11) is 0. The lowest BCUT2D eigenvalue weighted by Gasteiger charge is -2.32. The van der Waals surface area contributed by atoms with Crippen molar-refractivity contribution in [3.05, 3.63) is 47.5 Å². The van der Waals surface area contributed by atoms with Gasteiger partial charge in [-0.15, -0.1) is 0 Å². The van der Waals surface area contributed by atoms with E-state index in [4.69, 9.17) is 0 Å². The second-order valence-electron chi connectivity index (χ2n) is 5.80. The molecule has 1 aliphatic rings. The van der Waals surface area contributed by atoms with Gasteiger partial charge in [0.15, 0.2) is 5.78 Å². The summed E-state index contributed by atoms with van der Waals surface area (Å²) in [6.07, 6.45) is 0. The number of aryl methyl sites for hydroxylation is 1. The molecule has 0 saturated carbocycles. The highest BCUT2D eigenvalue weighted by atomic mass is 16.1. The molecule has 1 fully saturated rings. The summed E-state index contributed by atoms with van der Waals surface area (Å²) >= 11 is 0. The zero-order valence-electron chi connectivity index (χ0n) is 12.7. The molecule has 0 aliphatic carbocycles. The summed E-state index contributed by atoms with van der Waals surface area (Å²) < 4.78 is 0. The van der Waals surface area contributed by atoms with Crippen LogP contribution in [0.3, 0.4) is 0 Å². The van der Waals surface area contributed by atoms with Crippen LogP contribution in [0.25, 0.3) is 10.8 Å². The number of piperazine rings is 1. The Hall–Kier alpha value is -1.71. The second-order valence-corrected chi connectivity index (χ2v) is 5.80. The normalized spacial score (nSPS) is 17.8. The average Bonchev–Trinajstić information content (AvgIpc) is 2.54. The summed E-state index contributed by atoms with van der Waals surface area (Å²) in [6.45, 7) is 7.88. The lowest BCUT2D eigenvalue weighted by molar-refractivity contribution is 0.0821. The van der Waals surface area contributed by atoms with Gasteiger partial charge in [0.05, 0.1) is 6.04 Å². The first-order valence-corrected chi connectivity index (χ1v) is 7.66. The van der Waals surface area contributed by atoms with Crippen molar-refractivity contribution in [2.45, 2.75) is 19.9 Å². The zero-order chi connectivity index (χ0) is 14.8. The van der Waals surface area contributed by atoms with Crippen LogP contribution in [0, 0.1) is 6.92 Å². The molecule has 1 aliphatic heterocycles. The minimum Gasteiger partial charge on any atom is -0.314 e. The van der Waals surface area contributed by atoms with E-state index < -0.39 is 0 Å². The second kappa shape index (κ2) is 5.96. The van der Waals surface area contributed by atoms with E-state index in [0.29, 0.717) is 0 Å². The molecule has 0 aromatic heterocycles. The Morgan fingerprint density at radius 1 is 1.14 bits per heavy atom. The number of carbonyl (C=O) groups excluding carboxylic acids is 1. The van der Waals surface area contributed by atoms with E-state index in [-0.39, 0.29) is 11.8 Å². The molecule has 2 aromatic rings. The predicted octanol–water partition coefficient (Wildman–Crippen LogP) is 2.62. The summed E-state index contributed by atoms with van der Waals surface area (Å²) in [4.78, 5) is 15.3. The fourth-order valence-electron chi connectivity index (χ4n) is 3.15. The number of rotatable bonds is 3. The standard InChI is InChI=1S/C18H22N2O/c1-13-7-8-15-5-3-4-6-16(15)17(13)18(21)14(2)20-11-9-19-10-12-20/h3-8,14,19H,9-12H2,1-2H3. The van der Waals surface area contributed by atoms with Gasteiger partial charge < -0.3 is 5.32 Å². The van der Waals surface area contributed by atoms with E-state index in [1.165, 1.54) is 0 Å². The quantitative estimate of drug-likeness (QED) is 0.878. The number of carbonyl (C=O) groups is 1. The van der Waals surface area contributed by atoms with Crippen LogP contribution in [0.4, 0.5) is 0 Å². The molecule has 21 heavy (non-hydrogen) atoms. The third-order valence-corrected chi connectivity index (χ3v) is 4.46. The van der Waals surface area contributed by atoms with Gasteiger partial charge in [-0.1, -0.05) is 36.4 Å². The fraction of sp³-hybridized carbons (Fsp3) is 0.389. The number of Topliss-reactive ketones (excluding diaryl/α,β-unsaturated/α-hetero) is 1. The van der Waals surface area contributed by atoms with Crippen molar-refractivity contribution < 1.29 is 4.79 Å². The highest BCUT2D eigenvalue weighted by molar-refractivity contribution is 6.11. The monoisotopic (exact) mass is 282 g/mol. The van der Waals surface area contributed by atoms with Crippen LogP contribution in [0.5, 0.6) is 0 Å². The molecule has 3 heteroatoms. The van der Waals surface area contributed by atoms with Crippen molar-refractivity contribution in [1.82, 2.24) is 10.2 Å². The first-order chi connectivity index (χ1) is 10.2. The third kappa shape index (κ3) is 2.71. The summed E-state index contributed by atoms with van der Waals surface area (Å²) in [5.41, 5.74) is 1.96. The maximum absolute atomic E-state index is 13.0. The number of ketones is 1. The smallest absolute Gasteiger partial charge is 0.180 e. The highest BCUT2D eigenvalue weighted by Gasteiger charge is 2.25. The van der Waals surface area contributed by atoms with Crippen LogP contribution in [-0.4, -0.2) is 42.9 Å². The van der Waals surface area contributed by atoms with Crippen LogP contribution in [0.1, 0.15) is 22.8 Å². The first kappa shape index (κ1) is 14.2. The molecule has 1 N–H and O–H groups in total. The Bertz CT molecular complexity index is 659. The Balaban J connectivity index is 1.99. The van der Waals surface area contributed by atoms with Crippen molar-refractivity contribution in [2.24, 2.45) is 0 Å². The van der Waals surface area contributed by atoms with Crippen LogP contribution in [0.2, 0.25) is 0 Å². The molecule has 2 aromatic carbocycles. The van der Waals surface area contributed by atoms with Crippen molar-refractivity contribution in [2.75, 3.05) is 26.2 Å². The van der Waals surface area contributed by atoms with E-state index in [2.05, 4.69) is 34.5 Å². The Morgan fingerprint density at radius 3 is 2.62 bits per heavy atom. The van der Waals surface area contributed by atoms with Gasteiger partial charge in [-0.05, 0) is 30.2 Å². The van der Waals surface area contributed by atoms with Gasteiger partial charge in [-0.25, -0.2) is 0 Å². The molecule has 3 nitrogen and oxygen atoms in total. The predicted molar refractivity (Wildman–Crippen MR) is 86.9 cm³/mol. The van der Waals surface area contributed by atoms with Gasteiger partial charge in [0.25, 0.3) is 0 Å². The lowest BCUT2D eigenvalue weighted by atomic mass is 9.93. The summed E-state index contributed by atoms with van der Waals surface area (Å²) in [5, 5.41) is 5.55. The van der Waals surface area contributed by atoms with Gasteiger partial charge in [0.2, 0.25) is 0 Å². The Labute approximate surface area is 125 Å². The van der Waals surface area contributed by atoms with Gasteiger partial charge in [-0.3, -0.25) is 9.69 Å². The minimum absolute atomic E-state index is 0.0587. The van der Waals surface area contributed by atoms with E-state index in [0.717, 1.165) is 48.1 Å². The van der Waals surface area contributed by atoms with E-state index in [1.807, 2.05) is 26.0 Å². The largest absolute Gasteiger partial charge is 0.314 e. The number of hydrogen-bond donors (Lipinski definition) is 1. The van der Waals surface area contributed by atoms with Gasteiger partial charge >= 0.3 is 0 Å². The van der Waals surface area contributed by atoms with Crippen LogP contribution >= 0.6 is 0 Å². The third-order valence-electron chi connectivity index (χ3n) is 4.46. The van der Waals surface area contributed by atoms with Crippen molar-refractivity contribution in [3.8, 4) is 0 Å². The molecular weight excluding hydrogens is 260 g/mol. The molecule has 110 valence electrons. The average molecular weight is 282 g/mol. The molecule has 0 spiro atoms. The van der Waals surface area contributed by atoms with Crippen LogP contribution in [0.15, 0.2) is 36.4 Å². The summed E-state index contributed by atoms with van der Waals surface area (Å²) in [6, 6.07) is 12.2. The molecule has 1 unspecified atom stereocenters. The number of benzene rings is 2. The maximum Gasteiger partial charge on any atom is 0.180 e. The Morgan fingerprint density at radius 2 is 1.86 bits per heavy atom. The number of fused-ring (bicyclic) bond motifs is 1. The zero-order valence-corrected chi connectivity index (χ0v) is 12.7.